The van der Waals surface area contributed by atoms with E-state index < -0.39 is 0 Å². The molecule has 0 bridgehead atoms. The second-order valence-corrected chi connectivity index (χ2v) is 7.48. The third-order valence-electron chi connectivity index (χ3n) is 5.14. The molecule has 0 unspecified atom stereocenters. The second-order valence-electron chi connectivity index (χ2n) is 7.48. The second kappa shape index (κ2) is 7.87. The van der Waals surface area contributed by atoms with Crippen LogP contribution in [0, 0.1) is 19.8 Å². The first-order valence-electron chi connectivity index (χ1n) is 9.59. The Labute approximate surface area is 169 Å². The first kappa shape index (κ1) is 18.9. The van der Waals surface area contributed by atoms with E-state index in [2.05, 4.69) is 21.5 Å². The van der Waals surface area contributed by atoms with Gasteiger partial charge in [-0.1, -0.05) is 29.8 Å². The Balaban J connectivity index is 1.43. The first-order chi connectivity index (χ1) is 14.0. The fraction of sp³-hybridized carbons (Fsp3) is 0.273. The number of nitrogens with zero attached hydrogens (tertiary/aromatic N) is 4. The number of hydrogen-bond donors (Lipinski definition) is 1. The standard InChI is InChI=1S/C22H23N5O2/c1-15-6-7-20(16(2)8-15)27-12-18(10-21(27)28)22(29)25-19-5-3-4-17(9-19)11-26-14-23-13-24-26/h3-9,13-14,18H,10-12H2,1-2H3,(H,25,29)/t18-/m1/s1. The van der Waals surface area contributed by atoms with Crippen LogP contribution in [0.15, 0.2) is 55.1 Å². The number of anilines is 2. The molecule has 1 N–H and O–H groups in total. The number of amides is 2. The van der Waals surface area contributed by atoms with Crippen LogP contribution in [-0.4, -0.2) is 33.1 Å². The highest BCUT2D eigenvalue weighted by molar-refractivity contribution is 6.03. The summed E-state index contributed by atoms with van der Waals surface area (Å²) in [7, 11) is 0. The van der Waals surface area contributed by atoms with Gasteiger partial charge in [-0.05, 0) is 43.2 Å². The molecule has 1 aliphatic rings. The van der Waals surface area contributed by atoms with E-state index in [1.807, 2.05) is 50.2 Å². The summed E-state index contributed by atoms with van der Waals surface area (Å²) in [6.45, 7) is 4.98. The number of carbonyl (C=O) groups excluding carboxylic acids is 2. The molecule has 0 aliphatic carbocycles. The summed E-state index contributed by atoms with van der Waals surface area (Å²) >= 11 is 0. The number of aromatic nitrogens is 3. The van der Waals surface area contributed by atoms with Gasteiger partial charge in [0.05, 0.1) is 12.5 Å². The molecule has 7 heteroatoms. The molecular formula is C22H23N5O2. The van der Waals surface area contributed by atoms with E-state index in [-0.39, 0.29) is 24.2 Å². The van der Waals surface area contributed by atoms with Crippen molar-refractivity contribution in [3.05, 3.63) is 71.8 Å². The Morgan fingerprint density at radius 3 is 2.83 bits per heavy atom. The molecule has 1 aromatic heterocycles. The van der Waals surface area contributed by atoms with Crippen molar-refractivity contribution in [2.75, 3.05) is 16.8 Å². The van der Waals surface area contributed by atoms with Crippen LogP contribution in [0.1, 0.15) is 23.1 Å². The third-order valence-corrected chi connectivity index (χ3v) is 5.14. The van der Waals surface area contributed by atoms with Gasteiger partial charge in [0, 0.05) is 24.3 Å². The fourth-order valence-corrected chi connectivity index (χ4v) is 3.72. The highest BCUT2D eigenvalue weighted by Crippen LogP contribution is 2.29. The number of carbonyl (C=O) groups is 2. The Morgan fingerprint density at radius 1 is 1.21 bits per heavy atom. The Morgan fingerprint density at radius 2 is 2.07 bits per heavy atom. The summed E-state index contributed by atoms with van der Waals surface area (Å²) in [5.41, 5.74) is 4.79. The maximum atomic E-state index is 12.8. The molecule has 148 valence electrons. The van der Waals surface area contributed by atoms with Gasteiger partial charge in [-0.25, -0.2) is 9.67 Å². The zero-order chi connectivity index (χ0) is 20.4. The Hall–Kier alpha value is -3.48. The number of hydrogen-bond acceptors (Lipinski definition) is 4. The van der Waals surface area contributed by atoms with Gasteiger partial charge in [0.25, 0.3) is 0 Å². The van der Waals surface area contributed by atoms with Crippen molar-refractivity contribution < 1.29 is 9.59 Å². The smallest absolute Gasteiger partial charge is 0.229 e. The number of aryl methyl sites for hydroxylation is 2. The minimum atomic E-state index is -0.373. The van der Waals surface area contributed by atoms with Crippen LogP contribution in [-0.2, 0) is 16.1 Å². The molecule has 3 aromatic rings. The minimum absolute atomic E-state index is 0.0166. The number of nitrogens with one attached hydrogen (secondary N) is 1. The summed E-state index contributed by atoms with van der Waals surface area (Å²) in [5.74, 6) is -0.525. The quantitative estimate of drug-likeness (QED) is 0.728. The number of rotatable bonds is 5. The molecule has 1 atom stereocenters. The van der Waals surface area contributed by atoms with Crippen molar-refractivity contribution >= 4 is 23.2 Å². The molecule has 0 spiro atoms. The lowest BCUT2D eigenvalue weighted by Crippen LogP contribution is -2.28. The average Bonchev–Trinajstić information content (AvgIpc) is 3.32. The summed E-state index contributed by atoms with van der Waals surface area (Å²) < 4.78 is 1.72. The van der Waals surface area contributed by atoms with Crippen LogP contribution >= 0.6 is 0 Å². The Kier molecular flexibility index (Phi) is 5.12. The normalized spacial score (nSPS) is 16.3. The predicted molar refractivity (Wildman–Crippen MR) is 111 cm³/mol. The van der Waals surface area contributed by atoms with Crippen molar-refractivity contribution in [2.45, 2.75) is 26.8 Å². The largest absolute Gasteiger partial charge is 0.326 e. The summed E-state index contributed by atoms with van der Waals surface area (Å²) in [6.07, 6.45) is 3.36. The summed E-state index contributed by atoms with van der Waals surface area (Å²) in [5, 5.41) is 7.06. The molecule has 1 aliphatic heterocycles. The van der Waals surface area contributed by atoms with E-state index in [0.717, 1.165) is 22.4 Å². The van der Waals surface area contributed by atoms with Gasteiger partial charge in [-0.15, -0.1) is 0 Å². The van der Waals surface area contributed by atoms with Crippen molar-refractivity contribution in [2.24, 2.45) is 5.92 Å². The van der Waals surface area contributed by atoms with Crippen LogP contribution in [0.25, 0.3) is 0 Å². The lowest BCUT2D eigenvalue weighted by atomic mass is 10.1. The van der Waals surface area contributed by atoms with Crippen molar-refractivity contribution in [3.63, 3.8) is 0 Å². The van der Waals surface area contributed by atoms with E-state index in [9.17, 15) is 9.59 Å². The van der Waals surface area contributed by atoms with Gasteiger partial charge in [0.15, 0.2) is 0 Å². The van der Waals surface area contributed by atoms with Gasteiger partial charge in [-0.2, -0.15) is 5.10 Å². The van der Waals surface area contributed by atoms with Gasteiger partial charge in [0.1, 0.15) is 12.7 Å². The van der Waals surface area contributed by atoms with Crippen molar-refractivity contribution in [1.82, 2.24) is 14.8 Å². The third kappa shape index (κ3) is 4.18. The molecular weight excluding hydrogens is 366 g/mol. The van der Waals surface area contributed by atoms with Crippen LogP contribution in [0.5, 0.6) is 0 Å². The topological polar surface area (TPSA) is 80.1 Å². The SMILES string of the molecule is Cc1ccc(N2C[C@H](C(=O)Nc3cccc(Cn4cncn4)c3)CC2=O)c(C)c1. The average molecular weight is 389 g/mol. The van der Waals surface area contributed by atoms with Crippen LogP contribution < -0.4 is 10.2 Å². The molecule has 2 amide bonds. The molecule has 0 radical (unpaired) electrons. The van der Waals surface area contributed by atoms with Crippen LogP contribution in [0.3, 0.4) is 0 Å². The molecule has 2 aromatic carbocycles. The van der Waals surface area contributed by atoms with E-state index in [1.54, 1.807) is 15.9 Å². The zero-order valence-electron chi connectivity index (χ0n) is 16.5. The predicted octanol–water partition coefficient (Wildman–Crippen LogP) is 2.93. The minimum Gasteiger partial charge on any atom is -0.326 e. The zero-order valence-corrected chi connectivity index (χ0v) is 16.5. The molecule has 7 nitrogen and oxygen atoms in total. The first-order valence-corrected chi connectivity index (χ1v) is 9.59. The number of benzene rings is 2. The molecule has 2 heterocycles. The van der Waals surface area contributed by atoms with Gasteiger partial charge in [-0.3, -0.25) is 9.59 Å². The maximum Gasteiger partial charge on any atom is 0.229 e. The van der Waals surface area contributed by atoms with Gasteiger partial charge in [0.2, 0.25) is 11.8 Å². The van der Waals surface area contributed by atoms with Crippen LogP contribution in [0.4, 0.5) is 11.4 Å². The van der Waals surface area contributed by atoms with Crippen molar-refractivity contribution in [3.8, 4) is 0 Å². The maximum absolute atomic E-state index is 12.8. The van der Waals surface area contributed by atoms with Gasteiger partial charge >= 0.3 is 0 Å². The molecule has 0 saturated carbocycles. The lowest BCUT2D eigenvalue weighted by Gasteiger charge is -2.19. The summed E-state index contributed by atoms with van der Waals surface area (Å²) in [4.78, 5) is 31.0. The van der Waals surface area contributed by atoms with E-state index in [1.165, 1.54) is 6.33 Å². The van der Waals surface area contributed by atoms with Crippen LogP contribution in [0.2, 0.25) is 0 Å². The highest BCUT2D eigenvalue weighted by Gasteiger charge is 2.35. The monoisotopic (exact) mass is 389 g/mol. The van der Waals surface area contributed by atoms with E-state index >= 15 is 0 Å². The summed E-state index contributed by atoms with van der Waals surface area (Å²) in [6, 6.07) is 13.6. The van der Waals surface area contributed by atoms with E-state index in [4.69, 9.17) is 0 Å². The molecule has 1 fully saturated rings. The highest BCUT2D eigenvalue weighted by atomic mass is 16.2. The van der Waals surface area contributed by atoms with Crippen molar-refractivity contribution in [1.29, 1.82) is 0 Å². The molecule has 29 heavy (non-hydrogen) atoms. The molecule has 4 rings (SSSR count). The Bertz CT molecular complexity index is 1050. The lowest BCUT2D eigenvalue weighted by molar-refractivity contribution is -0.122. The van der Waals surface area contributed by atoms with Gasteiger partial charge < -0.3 is 10.2 Å². The fourth-order valence-electron chi connectivity index (χ4n) is 3.72. The molecule has 1 saturated heterocycles. The van der Waals surface area contributed by atoms with E-state index in [0.29, 0.717) is 18.8 Å².